The minimum Gasteiger partial charge on any atom is -0.379 e. The van der Waals surface area contributed by atoms with Crippen LogP contribution in [0.15, 0.2) is 90.1 Å². The van der Waals surface area contributed by atoms with E-state index < -0.39 is 28.0 Å². The summed E-state index contributed by atoms with van der Waals surface area (Å²) in [4.78, 5) is 35.7. The smallest absolute Gasteiger partial charge is 0.254 e. The molecule has 4 aromatic rings. The van der Waals surface area contributed by atoms with Crippen LogP contribution in [0.5, 0.6) is 0 Å². The molecule has 2 unspecified atom stereocenters. The van der Waals surface area contributed by atoms with Gasteiger partial charge in [0.15, 0.2) is 0 Å². The van der Waals surface area contributed by atoms with E-state index >= 15 is 0 Å². The fourth-order valence-electron chi connectivity index (χ4n) is 6.17. The lowest BCUT2D eigenvalue weighted by Gasteiger charge is -2.44. The fourth-order valence-corrected chi connectivity index (χ4v) is 8.01. The standard InChI is InChI=1S/C34H36ClN5O5S.ClH/c1-24-32(33(41)37-14-15-38-18-20-45-21-19-38)39(34(42)27-4-2-25(3-5-27)26-10-12-36-13-11-26)16-17-40(24)46(43,44)31-9-7-28-22-30(35)8-6-29(28)23-31;/h2-13,22-24,32H,14-21H2,1H3,(H,37,41);1H. The molecule has 2 aliphatic rings. The van der Waals surface area contributed by atoms with E-state index in [1.807, 2.05) is 24.3 Å². The van der Waals surface area contributed by atoms with Crippen LogP contribution in [0.2, 0.25) is 5.02 Å². The van der Waals surface area contributed by atoms with Gasteiger partial charge in [-0.2, -0.15) is 4.31 Å². The van der Waals surface area contributed by atoms with Gasteiger partial charge in [-0.25, -0.2) is 8.42 Å². The van der Waals surface area contributed by atoms with E-state index in [9.17, 15) is 18.0 Å². The lowest BCUT2D eigenvalue weighted by Crippen LogP contribution is -2.66. The average molecular weight is 699 g/mol. The highest BCUT2D eigenvalue weighted by atomic mass is 35.5. The first-order valence-corrected chi connectivity index (χ1v) is 17.1. The van der Waals surface area contributed by atoms with Crippen LogP contribution in [0.4, 0.5) is 0 Å². The Labute approximate surface area is 286 Å². The second-order valence-electron chi connectivity index (χ2n) is 11.5. The maximum Gasteiger partial charge on any atom is 0.254 e. The molecule has 3 heterocycles. The van der Waals surface area contributed by atoms with Gasteiger partial charge >= 0.3 is 0 Å². The number of benzene rings is 3. The second kappa shape index (κ2) is 15.1. The van der Waals surface area contributed by atoms with Crippen LogP contribution in [-0.4, -0.2) is 104 Å². The van der Waals surface area contributed by atoms with Crippen molar-refractivity contribution in [2.24, 2.45) is 0 Å². The van der Waals surface area contributed by atoms with Gasteiger partial charge in [0.2, 0.25) is 15.9 Å². The van der Waals surface area contributed by atoms with Crippen molar-refractivity contribution >= 4 is 56.6 Å². The predicted octanol–water partition coefficient (Wildman–Crippen LogP) is 4.33. The number of fused-ring (bicyclic) bond motifs is 1. The number of nitrogens with zero attached hydrogens (tertiary/aromatic N) is 4. The third kappa shape index (κ3) is 7.61. The van der Waals surface area contributed by atoms with Gasteiger partial charge in [0, 0.05) is 62.2 Å². The molecule has 0 radical (unpaired) electrons. The maximum atomic E-state index is 14.1. The molecule has 0 saturated carbocycles. The number of carbonyl (C=O) groups is 2. The summed E-state index contributed by atoms with van der Waals surface area (Å²) >= 11 is 6.13. The number of halogens is 2. The molecule has 13 heteroatoms. The van der Waals surface area contributed by atoms with Crippen molar-refractivity contribution in [1.82, 2.24) is 24.4 Å². The van der Waals surface area contributed by atoms with Gasteiger partial charge in [0.05, 0.1) is 24.2 Å². The second-order valence-corrected chi connectivity index (χ2v) is 13.8. The molecule has 1 N–H and O–H groups in total. The normalized spacial score (nSPS) is 19.2. The highest BCUT2D eigenvalue weighted by Crippen LogP contribution is 2.30. The Morgan fingerprint density at radius 1 is 0.894 bits per heavy atom. The van der Waals surface area contributed by atoms with Crippen LogP contribution in [-0.2, 0) is 19.6 Å². The topological polar surface area (TPSA) is 112 Å². The molecule has 2 amide bonds. The number of morpholine rings is 1. The van der Waals surface area contributed by atoms with Crippen molar-refractivity contribution in [3.8, 4) is 11.1 Å². The lowest BCUT2D eigenvalue weighted by molar-refractivity contribution is -0.128. The minimum atomic E-state index is -4.01. The van der Waals surface area contributed by atoms with E-state index in [0.29, 0.717) is 36.9 Å². The number of hydrogen-bond acceptors (Lipinski definition) is 7. The number of hydrogen-bond donors (Lipinski definition) is 1. The summed E-state index contributed by atoms with van der Waals surface area (Å²) < 4.78 is 34.9. The Kier molecular flexibility index (Phi) is 11.2. The first kappa shape index (κ1) is 34.7. The van der Waals surface area contributed by atoms with Crippen molar-refractivity contribution in [3.05, 3.63) is 95.8 Å². The molecule has 10 nitrogen and oxygen atoms in total. The monoisotopic (exact) mass is 697 g/mol. The Morgan fingerprint density at radius 2 is 1.55 bits per heavy atom. The van der Waals surface area contributed by atoms with Crippen molar-refractivity contribution in [3.63, 3.8) is 0 Å². The number of carbonyl (C=O) groups excluding carboxylic acids is 2. The number of piperazine rings is 1. The SMILES string of the molecule is CC1C(C(=O)NCCN2CCOCC2)N(C(=O)c2ccc(-c3ccncc3)cc2)CCN1S(=O)(=O)c1ccc2cc(Cl)ccc2c1.Cl. The van der Waals surface area contributed by atoms with Gasteiger partial charge in [-0.3, -0.25) is 19.5 Å². The van der Waals surface area contributed by atoms with Gasteiger partial charge in [-0.15, -0.1) is 12.4 Å². The molecule has 6 rings (SSSR count). The Hall–Kier alpha value is -3.58. The van der Waals surface area contributed by atoms with Crippen LogP contribution in [0.3, 0.4) is 0 Å². The zero-order valence-corrected chi connectivity index (χ0v) is 28.3. The van der Waals surface area contributed by atoms with E-state index in [2.05, 4.69) is 15.2 Å². The van der Waals surface area contributed by atoms with Crippen molar-refractivity contribution in [1.29, 1.82) is 0 Å². The summed E-state index contributed by atoms with van der Waals surface area (Å²) in [6.07, 6.45) is 3.41. The van der Waals surface area contributed by atoms with Crippen molar-refractivity contribution in [2.45, 2.75) is 23.9 Å². The number of sulfonamides is 1. The van der Waals surface area contributed by atoms with Crippen LogP contribution < -0.4 is 5.32 Å². The summed E-state index contributed by atoms with van der Waals surface area (Å²) in [5.74, 6) is -0.725. The molecule has 2 fully saturated rings. The number of amides is 2. The first-order chi connectivity index (χ1) is 22.2. The summed E-state index contributed by atoms with van der Waals surface area (Å²) in [6.45, 7) is 5.62. The molecule has 2 saturated heterocycles. The Bertz CT molecular complexity index is 1820. The lowest BCUT2D eigenvalue weighted by atomic mass is 10.0. The molecule has 0 aliphatic carbocycles. The largest absolute Gasteiger partial charge is 0.379 e. The quantitative estimate of drug-likeness (QED) is 0.292. The molecular weight excluding hydrogens is 661 g/mol. The van der Waals surface area contributed by atoms with Gasteiger partial charge < -0.3 is 15.0 Å². The maximum absolute atomic E-state index is 14.1. The third-order valence-corrected chi connectivity index (χ3v) is 10.9. The summed E-state index contributed by atoms with van der Waals surface area (Å²) in [6, 6.07) is 19.3. The molecular formula is C34H37Cl2N5O5S. The van der Waals surface area contributed by atoms with Crippen LogP contribution in [0.25, 0.3) is 21.9 Å². The molecule has 0 spiro atoms. The van der Waals surface area contributed by atoms with E-state index in [1.165, 1.54) is 9.21 Å². The highest BCUT2D eigenvalue weighted by molar-refractivity contribution is 7.89. The Balaban J connectivity index is 0.00000433. The summed E-state index contributed by atoms with van der Waals surface area (Å²) in [5, 5.41) is 5.10. The van der Waals surface area contributed by atoms with E-state index in [1.54, 1.807) is 67.8 Å². The summed E-state index contributed by atoms with van der Waals surface area (Å²) in [7, 11) is -4.01. The number of aromatic nitrogens is 1. The molecule has 2 atom stereocenters. The van der Waals surface area contributed by atoms with Crippen LogP contribution in [0.1, 0.15) is 17.3 Å². The molecule has 3 aromatic carbocycles. The third-order valence-electron chi connectivity index (χ3n) is 8.69. The van der Waals surface area contributed by atoms with Crippen molar-refractivity contribution in [2.75, 3.05) is 52.5 Å². The molecule has 248 valence electrons. The number of rotatable bonds is 8. The molecule has 47 heavy (non-hydrogen) atoms. The predicted molar refractivity (Wildman–Crippen MR) is 184 cm³/mol. The molecule has 1 aromatic heterocycles. The first-order valence-electron chi connectivity index (χ1n) is 15.3. The van der Waals surface area contributed by atoms with Crippen LogP contribution in [0, 0.1) is 0 Å². The minimum absolute atomic E-state index is 0. The number of ether oxygens (including phenoxy) is 1. The molecule has 0 bridgehead atoms. The van der Waals surface area contributed by atoms with Gasteiger partial charge in [-0.05, 0) is 77.4 Å². The highest BCUT2D eigenvalue weighted by Gasteiger charge is 2.45. The van der Waals surface area contributed by atoms with Gasteiger partial charge in [0.25, 0.3) is 5.91 Å². The van der Waals surface area contributed by atoms with Gasteiger partial charge in [-0.1, -0.05) is 35.9 Å². The van der Waals surface area contributed by atoms with Gasteiger partial charge in [0.1, 0.15) is 6.04 Å². The zero-order chi connectivity index (χ0) is 32.3. The summed E-state index contributed by atoms with van der Waals surface area (Å²) in [5.41, 5.74) is 2.31. The average Bonchev–Trinajstić information content (AvgIpc) is 3.08. The van der Waals surface area contributed by atoms with E-state index in [4.69, 9.17) is 16.3 Å². The van der Waals surface area contributed by atoms with E-state index in [0.717, 1.165) is 35.0 Å². The number of pyridine rings is 1. The molecule has 2 aliphatic heterocycles. The van der Waals surface area contributed by atoms with Crippen LogP contribution >= 0.6 is 24.0 Å². The Morgan fingerprint density at radius 3 is 2.28 bits per heavy atom. The fraction of sp³-hybridized carbons (Fsp3) is 0.324. The zero-order valence-electron chi connectivity index (χ0n) is 25.9. The number of nitrogens with one attached hydrogen (secondary N) is 1. The van der Waals surface area contributed by atoms with Crippen molar-refractivity contribution < 1.29 is 22.7 Å². The van der Waals surface area contributed by atoms with E-state index in [-0.39, 0.29) is 36.3 Å².